The molecule has 5 nitrogen and oxygen atoms in total. The van der Waals surface area contributed by atoms with Crippen molar-refractivity contribution in [2.75, 3.05) is 6.54 Å². The van der Waals surface area contributed by atoms with Gasteiger partial charge in [0.25, 0.3) is 12.3 Å². The van der Waals surface area contributed by atoms with Gasteiger partial charge in [-0.3, -0.25) is 10.0 Å². The molecule has 2 rings (SSSR count). The van der Waals surface area contributed by atoms with Gasteiger partial charge in [-0.15, -0.1) is 0 Å². The van der Waals surface area contributed by atoms with E-state index in [9.17, 15) is 18.7 Å². The smallest absolute Gasteiger partial charge is 0.268 e. The standard InChI is InChI=1S/C23H26F2N2O3/c1-22(21(28)27-30,23(2,29)20(24)25)26-16-6-9-18-11-14-19(15-12-18)13-10-17-7-4-3-5-8-17/h3-5,7-8,11-12,14-15,20,26,29-30H,6,9,16H2,1-2H3,(H,27,28). The molecule has 4 N–H and O–H groups in total. The quantitative estimate of drug-likeness (QED) is 0.231. The van der Waals surface area contributed by atoms with Crippen LogP contribution in [0, 0.1) is 11.8 Å². The summed E-state index contributed by atoms with van der Waals surface area (Å²) in [7, 11) is 0. The van der Waals surface area contributed by atoms with Crippen molar-refractivity contribution in [3.63, 3.8) is 0 Å². The van der Waals surface area contributed by atoms with Crippen LogP contribution in [0.5, 0.6) is 0 Å². The number of halogens is 2. The normalized spacial score (nSPS) is 14.9. The number of aliphatic hydroxyl groups is 1. The first-order valence-electron chi connectivity index (χ1n) is 9.57. The minimum atomic E-state index is -3.18. The summed E-state index contributed by atoms with van der Waals surface area (Å²) in [4.78, 5) is 11.9. The number of benzene rings is 2. The third-order valence-electron chi connectivity index (χ3n) is 5.19. The van der Waals surface area contributed by atoms with Crippen LogP contribution in [0.25, 0.3) is 0 Å². The fraction of sp³-hybridized carbons (Fsp3) is 0.348. The molecule has 0 radical (unpaired) electrons. The maximum absolute atomic E-state index is 13.2. The summed E-state index contributed by atoms with van der Waals surface area (Å²) in [6.07, 6.45) is -2.02. The molecule has 2 unspecified atom stereocenters. The number of carbonyl (C=O) groups excluding carboxylic acids is 1. The van der Waals surface area contributed by atoms with Gasteiger partial charge in [-0.05, 0) is 63.1 Å². The lowest BCUT2D eigenvalue weighted by atomic mass is 9.81. The minimum absolute atomic E-state index is 0.183. The molecule has 1 amide bonds. The highest BCUT2D eigenvalue weighted by atomic mass is 19.3. The summed E-state index contributed by atoms with van der Waals surface area (Å²) >= 11 is 0. The molecule has 0 fully saturated rings. The van der Waals surface area contributed by atoms with Crippen LogP contribution in [0.15, 0.2) is 54.6 Å². The van der Waals surface area contributed by atoms with Gasteiger partial charge >= 0.3 is 0 Å². The van der Waals surface area contributed by atoms with E-state index in [-0.39, 0.29) is 6.54 Å². The fourth-order valence-electron chi connectivity index (χ4n) is 2.87. The van der Waals surface area contributed by atoms with Crippen molar-refractivity contribution >= 4 is 5.91 Å². The second-order valence-corrected chi connectivity index (χ2v) is 7.36. The molecule has 0 heterocycles. The Hall–Kier alpha value is -2.79. The van der Waals surface area contributed by atoms with Crippen molar-refractivity contribution in [1.29, 1.82) is 0 Å². The Labute approximate surface area is 175 Å². The van der Waals surface area contributed by atoms with Crippen LogP contribution in [0.1, 0.15) is 37.0 Å². The van der Waals surface area contributed by atoms with E-state index in [4.69, 9.17) is 5.21 Å². The third-order valence-corrected chi connectivity index (χ3v) is 5.19. The molecule has 7 heteroatoms. The number of aryl methyl sites for hydroxylation is 1. The van der Waals surface area contributed by atoms with Gasteiger partial charge in [-0.1, -0.05) is 42.2 Å². The molecule has 160 valence electrons. The zero-order valence-electron chi connectivity index (χ0n) is 17.0. The number of nitrogens with one attached hydrogen (secondary N) is 2. The molecule has 0 aliphatic rings. The average molecular weight is 416 g/mol. The van der Waals surface area contributed by atoms with Crippen molar-refractivity contribution in [3.05, 3.63) is 71.3 Å². The number of amides is 1. The first kappa shape index (κ1) is 23.5. The van der Waals surface area contributed by atoms with Crippen LogP contribution in [0.4, 0.5) is 8.78 Å². The second kappa shape index (κ2) is 10.3. The maximum atomic E-state index is 13.2. The number of hydrogen-bond donors (Lipinski definition) is 4. The Morgan fingerprint density at radius 1 is 1.03 bits per heavy atom. The van der Waals surface area contributed by atoms with Gasteiger partial charge in [-0.25, -0.2) is 14.3 Å². The predicted octanol–water partition coefficient (Wildman–Crippen LogP) is 2.89. The Balaban J connectivity index is 1.93. The van der Waals surface area contributed by atoms with Crippen LogP contribution in [0.2, 0.25) is 0 Å². The lowest BCUT2D eigenvalue weighted by molar-refractivity contribution is -0.167. The van der Waals surface area contributed by atoms with E-state index in [0.29, 0.717) is 12.8 Å². The van der Waals surface area contributed by atoms with Crippen LogP contribution in [0.3, 0.4) is 0 Å². The molecule has 2 aromatic rings. The molecule has 0 spiro atoms. The molecule has 0 saturated heterocycles. The van der Waals surface area contributed by atoms with Crippen LogP contribution >= 0.6 is 0 Å². The topological polar surface area (TPSA) is 81.6 Å². The summed E-state index contributed by atoms with van der Waals surface area (Å²) in [5.74, 6) is 5.05. The van der Waals surface area contributed by atoms with E-state index in [1.54, 1.807) is 0 Å². The molecule has 2 atom stereocenters. The summed E-state index contributed by atoms with van der Waals surface area (Å²) in [5.41, 5.74) is -0.550. The van der Waals surface area contributed by atoms with Gasteiger partial charge in [0.15, 0.2) is 0 Å². The second-order valence-electron chi connectivity index (χ2n) is 7.36. The zero-order chi connectivity index (χ0) is 22.2. The van der Waals surface area contributed by atoms with Gasteiger partial charge in [0.05, 0.1) is 0 Å². The predicted molar refractivity (Wildman–Crippen MR) is 110 cm³/mol. The van der Waals surface area contributed by atoms with Crippen LogP contribution in [-0.4, -0.2) is 40.3 Å². The first-order chi connectivity index (χ1) is 14.2. The van der Waals surface area contributed by atoms with E-state index in [1.807, 2.05) is 54.6 Å². The third kappa shape index (κ3) is 5.63. The molecule has 30 heavy (non-hydrogen) atoms. The van der Waals surface area contributed by atoms with Crippen molar-refractivity contribution in [1.82, 2.24) is 10.8 Å². The van der Waals surface area contributed by atoms with Crippen molar-refractivity contribution in [2.45, 2.75) is 44.3 Å². The fourth-order valence-corrected chi connectivity index (χ4v) is 2.87. The minimum Gasteiger partial charge on any atom is -0.382 e. The first-order valence-corrected chi connectivity index (χ1v) is 9.57. The van der Waals surface area contributed by atoms with Gasteiger partial charge in [-0.2, -0.15) is 0 Å². The lowest BCUT2D eigenvalue weighted by Crippen LogP contribution is -2.70. The number of hydrogen-bond acceptors (Lipinski definition) is 4. The zero-order valence-corrected chi connectivity index (χ0v) is 17.0. The van der Waals surface area contributed by atoms with Gasteiger partial charge in [0.2, 0.25) is 0 Å². The van der Waals surface area contributed by atoms with E-state index in [0.717, 1.165) is 30.5 Å². The molecule has 0 aliphatic carbocycles. The number of carbonyl (C=O) groups is 1. The van der Waals surface area contributed by atoms with Crippen LogP contribution < -0.4 is 10.8 Å². The van der Waals surface area contributed by atoms with E-state index in [2.05, 4.69) is 17.2 Å². The number of rotatable bonds is 8. The lowest BCUT2D eigenvalue weighted by Gasteiger charge is -2.40. The number of hydroxylamine groups is 1. The summed E-state index contributed by atoms with van der Waals surface area (Å²) in [6.45, 7) is 2.17. The number of alkyl halides is 2. The summed E-state index contributed by atoms with van der Waals surface area (Å²) < 4.78 is 26.5. The SMILES string of the molecule is CC(NCCCc1ccc(C#Cc2ccccc2)cc1)(C(=O)NO)C(C)(O)C(F)F. The highest BCUT2D eigenvalue weighted by molar-refractivity contribution is 5.86. The van der Waals surface area contributed by atoms with Crippen molar-refractivity contribution in [3.8, 4) is 11.8 Å². The monoisotopic (exact) mass is 416 g/mol. The molecule has 2 aromatic carbocycles. The largest absolute Gasteiger partial charge is 0.382 e. The molecule has 0 bridgehead atoms. The van der Waals surface area contributed by atoms with E-state index in [1.165, 1.54) is 5.48 Å². The maximum Gasteiger partial charge on any atom is 0.268 e. The van der Waals surface area contributed by atoms with Crippen LogP contribution in [-0.2, 0) is 11.2 Å². The molecular formula is C23H26F2N2O3. The Bertz CT molecular complexity index is 890. The molecule has 0 aromatic heterocycles. The molecular weight excluding hydrogens is 390 g/mol. The molecule has 0 saturated carbocycles. The van der Waals surface area contributed by atoms with Gasteiger partial charge in [0, 0.05) is 11.1 Å². The summed E-state index contributed by atoms with van der Waals surface area (Å²) in [6, 6.07) is 17.3. The Kier molecular flexibility index (Phi) is 8.07. The van der Waals surface area contributed by atoms with Gasteiger partial charge in [0.1, 0.15) is 11.1 Å². The average Bonchev–Trinajstić information content (AvgIpc) is 2.75. The van der Waals surface area contributed by atoms with E-state index < -0.39 is 23.5 Å². The van der Waals surface area contributed by atoms with Gasteiger partial charge < -0.3 is 10.4 Å². The summed E-state index contributed by atoms with van der Waals surface area (Å²) in [5, 5.41) is 21.6. The highest BCUT2D eigenvalue weighted by Crippen LogP contribution is 2.29. The Morgan fingerprint density at radius 2 is 1.60 bits per heavy atom. The van der Waals surface area contributed by atoms with Crippen molar-refractivity contribution < 1.29 is 23.9 Å². The Morgan fingerprint density at radius 3 is 2.13 bits per heavy atom. The van der Waals surface area contributed by atoms with Crippen molar-refractivity contribution in [2.24, 2.45) is 0 Å². The highest BCUT2D eigenvalue weighted by Gasteiger charge is 2.54. The molecule has 0 aliphatic heterocycles. The van der Waals surface area contributed by atoms with E-state index >= 15 is 0 Å².